The molecule has 0 saturated carbocycles. The molecule has 4 rings (SSSR count). The molecule has 5 heteroatoms. The fourth-order valence-electron chi connectivity index (χ4n) is 4.57. The molecule has 0 unspecified atom stereocenters. The molecule has 1 fully saturated rings. The number of aliphatic hydroxyl groups excluding tert-OH is 1. The van der Waals surface area contributed by atoms with Gasteiger partial charge in [0.05, 0.1) is 6.54 Å². The summed E-state index contributed by atoms with van der Waals surface area (Å²) in [6.45, 7) is 11.5. The van der Waals surface area contributed by atoms with Gasteiger partial charge in [0.25, 0.3) is 0 Å². The van der Waals surface area contributed by atoms with Crippen molar-refractivity contribution in [2.75, 3.05) is 26.2 Å². The van der Waals surface area contributed by atoms with Crippen molar-refractivity contribution in [3.05, 3.63) is 59.7 Å². The molecule has 1 saturated heterocycles. The van der Waals surface area contributed by atoms with Crippen molar-refractivity contribution in [1.29, 1.82) is 0 Å². The third kappa shape index (κ3) is 4.42. The first kappa shape index (κ1) is 20.2. The number of fused-ring (bicyclic) bond motifs is 1. The highest BCUT2D eigenvalue weighted by molar-refractivity contribution is 5.84. The highest BCUT2D eigenvalue weighted by Crippen LogP contribution is 2.27. The lowest BCUT2D eigenvalue weighted by atomic mass is 10.1. The fraction of sp³-hybridized carbons (Fsp3) is 0.500. The zero-order valence-corrected chi connectivity index (χ0v) is 17.8. The molecule has 0 amide bonds. The monoisotopic (exact) mass is 395 g/mol. The highest BCUT2D eigenvalue weighted by Gasteiger charge is 2.28. The molecule has 2 aromatic heterocycles. The Morgan fingerprint density at radius 2 is 1.93 bits per heavy atom. The van der Waals surface area contributed by atoms with Crippen LogP contribution in [0.3, 0.4) is 0 Å². The van der Waals surface area contributed by atoms with Crippen LogP contribution < -0.4 is 0 Å². The zero-order chi connectivity index (χ0) is 20.4. The number of aryl methyl sites for hydroxylation is 1. The molecule has 1 aliphatic rings. The van der Waals surface area contributed by atoms with E-state index in [9.17, 15) is 5.11 Å². The smallest absolute Gasteiger partial charge is 0.118 e. The van der Waals surface area contributed by atoms with E-state index in [0.29, 0.717) is 12.1 Å². The largest absolute Gasteiger partial charge is 0.465 e. The van der Waals surface area contributed by atoms with Gasteiger partial charge in [0, 0.05) is 62.0 Å². The predicted molar refractivity (Wildman–Crippen MR) is 117 cm³/mol. The standard InChI is InChI=1S/C24H33N3O2/c1-18(2)27-15-20(23-6-4-5-7-24(23)27)14-25-11-12-26(21(16-25)10-13-28)17-22-9-8-19(3)29-22/h4-9,15,18,21,28H,10-14,16-17H2,1-3H3/t21-/m0/s1. The lowest BCUT2D eigenvalue weighted by molar-refractivity contribution is 0.0456. The van der Waals surface area contributed by atoms with Crippen molar-refractivity contribution < 1.29 is 9.52 Å². The number of furan rings is 1. The summed E-state index contributed by atoms with van der Waals surface area (Å²) in [6.07, 6.45) is 3.12. The summed E-state index contributed by atoms with van der Waals surface area (Å²) in [5.41, 5.74) is 2.71. The average Bonchev–Trinajstić information content (AvgIpc) is 3.28. The maximum Gasteiger partial charge on any atom is 0.118 e. The van der Waals surface area contributed by atoms with Crippen LogP contribution in [0, 0.1) is 6.92 Å². The van der Waals surface area contributed by atoms with E-state index in [4.69, 9.17) is 4.42 Å². The van der Waals surface area contributed by atoms with Gasteiger partial charge in [0.1, 0.15) is 11.5 Å². The Balaban J connectivity index is 1.49. The molecule has 0 aliphatic carbocycles. The van der Waals surface area contributed by atoms with Crippen molar-refractivity contribution >= 4 is 10.9 Å². The summed E-state index contributed by atoms with van der Waals surface area (Å²) in [7, 11) is 0. The molecule has 29 heavy (non-hydrogen) atoms. The number of para-hydroxylation sites is 1. The molecule has 3 aromatic rings. The molecule has 0 radical (unpaired) electrons. The molecule has 3 heterocycles. The van der Waals surface area contributed by atoms with Gasteiger partial charge in [-0.05, 0) is 51.0 Å². The third-order valence-electron chi connectivity index (χ3n) is 6.08. The summed E-state index contributed by atoms with van der Waals surface area (Å²) >= 11 is 0. The number of benzene rings is 1. The molecule has 156 valence electrons. The van der Waals surface area contributed by atoms with Crippen LogP contribution in [-0.4, -0.2) is 51.8 Å². The van der Waals surface area contributed by atoms with Crippen LogP contribution in [0.5, 0.6) is 0 Å². The fourth-order valence-corrected chi connectivity index (χ4v) is 4.57. The Hall–Kier alpha value is -2.08. The molecule has 1 aromatic carbocycles. The Morgan fingerprint density at radius 3 is 2.66 bits per heavy atom. The highest BCUT2D eigenvalue weighted by atomic mass is 16.3. The number of hydrogen-bond donors (Lipinski definition) is 1. The van der Waals surface area contributed by atoms with Crippen molar-refractivity contribution in [2.24, 2.45) is 0 Å². The second-order valence-corrected chi connectivity index (χ2v) is 8.56. The topological polar surface area (TPSA) is 44.8 Å². The van der Waals surface area contributed by atoms with E-state index < -0.39 is 0 Å². The van der Waals surface area contributed by atoms with Gasteiger partial charge in [-0.1, -0.05) is 18.2 Å². The first-order valence-corrected chi connectivity index (χ1v) is 10.8. The summed E-state index contributed by atoms with van der Waals surface area (Å²) < 4.78 is 8.17. The summed E-state index contributed by atoms with van der Waals surface area (Å²) in [5, 5.41) is 11.0. The minimum Gasteiger partial charge on any atom is -0.465 e. The molecule has 0 spiro atoms. The summed E-state index contributed by atoms with van der Waals surface area (Å²) in [5.74, 6) is 1.97. The van der Waals surface area contributed by atoms with Crippen LogP contribution in [0.4, 0.5) is 0 Å². The number of aliphatic hydroxyl groups is 1. The van der Waals surface area contributed by atoms with Gasteiger partial charge >= 0.3 is 0 Å². The van der Waals surface area contributed by atoms with Gasteiger partial charge in [-0.25, -0.2) is 0 Å². The molecule has 1 N–H and O–H groups in total. The van der Waals surface area contributed by atoms with Gasteiger partial charge in [-0.2, -0.15) is 0 Å². The van der Waals surface area contributed by atoms with Crippen LogP contribution in [0.1, 0.15) is 43.4 Å². The van der Waals surface area contributed by atoms with E-state index >= 15 is 0 Å². The lowest BCUT2D eigenvalue weighted by Gasteiger charge is -2.41. The Labute approximate surface area is 173 Å². The lowest BCUT2D eigenvalue weighted by Crippen LogP contribution is -2.52. The van der Waals surface area contributed by atoms with Crippen molar-refractivity contribution in [2.45, 2.75) is 52.4 Å². The van der Waals surface area contributed by atoms with Crippen LogP contribution in [-0.2, 0) is 13.1 Å². The van der Waals surface area contributed by atoms with Gasteiger partial charge in [0.15, 0.2) is 0 Å². The van der Waals surface area contributed by atoms with E-state index in [0.717, 1.165) is 50.7 Å². The Bertz CT molecular complexity index is 943. The van der Waals surface area contributed by atoms with Gasteiger partial charge in [-0.15, -0.1) is 0 Å². The van der Waals surface area contributed by atoms with E-state index in [1.54, 1.807) is 0 Å². The quantitative estimate of drug-likeness (QED) is 0.651. The summed E-state index contributed by atoms with van der Waals surface area (Å²) in [4.78, 5) is 5.00. The van der Waals surface area contributed by atoms with Gasteiger partial charge in [-0.3, -0.25) is 9.80 Å². The average molecular weight is 396 g/mol. The number of aromatic nitrogens is 1. The van der Waals surface area contributed by atoms with Gasteiger partial charge in [0.2, 0.25) is 0 Å². The molecule has 1 aliphatic heterocycles. The van der Waals surface area contributed by atoms with E-state index in [1.165, 1.54) is 16.5 Å². The third-order valence-corrected chi connectivity index (χ3v) is 6.08. The first-order chi connectivity index (χ1) is 14.0. The Kier molecular flexibility index (Phi) is 6.09. The predicted octanol–water partition coefficient (Wildman–Crippen LogP) is 4.19. The second kappa shape index (κ2) is 8.74. The zero-order valence-electron chi connectivity index (χ0n) is 17.8. The van der Waals surface area contributed by atoms with Crippen LogP contribution in [0.25, 0.3) is 10.9 Å². The number of piperazine rings is 1. The van der Waals surface area contributed by atoms with E-state index in [2.05, 4.69) is 64.7 Å². The van der Waals surface area contributed by atoms with Crippen molar-refractivity contribution in [3.63, 3.8) is 0 Å². The van der Waals surface area contributed by atoms with Crippen LogP contribution in [0.2, 0.25) is 0 Å². The number of rotatable bonds is 7. The molecular weight excluding hydrogens is 362 g/mol. The van der Waals surface area contributed by atoms with Crippen molar-refractivity contribution in [3.8, 4) is 0 Å². The van der Waals surface area contributed by atoms with E-state index in [1.807, 2.05) is 13.0 Å². The maximum atomic E-state index is 9.62. The minimum absolute atomic E-state index is 0.221. The SMILES string of the molecule is Cc1ccc(CN2CCN(Cc3cn(C(C)C)c4ccccc34)C[C@@H]2CCO)o1. The molecule has 0 bridgehead atoms. The number of hydrogen-bond acceptors (Lipinski definition) is 4. The van der Waals surface area contributed by atoms with Crippen molar-refractivity contribution in [1.82, 2.24) is 14.4 Å². The van der Waals surface area contributed by atoms with Crippen LogP contribution >= 0.6 is 0 Å². The summed E-state index contributed by atoms with van der Waals surface area (Å²) in [6, 6.07) is 13.6. The van der Waals surface area contributed by atoms with Crippen LogP contribution in [0.15, 0.2) is 47.0 Å². The number of nitrogens with zero attached hydrogens (tertiary/aromatic N) is 3. The normalized spacial score (nSPS) is 18.9. The molecule has 5 nitrogen and oxygen atoms in total. The minimum atomic E-state index is 0.221. The molecule has 1 atom stereocenters. The second-order valence-electron chi connectivity index (χ2n) is 8.56. The van der Waals surface area contributed by atoms with E-state index in [-0.39, 0.29) is 6.61 Å². The Morgan fingerprint density at radius 1 is 1.10 bits per heavy atom. The first-order valence-electron chi connectivity index (χ1n) is 10.8. The molecular formula is C24H33N3O2. The van der Waals surface area contributed by atoms with Gasteiger partial charge < -0.3 is 14.1 Å². The maximum absolute atomic E-state index is 9.62.